The van der Waals surface area contributed by atoms with Gasteiger partial charge in [-0.1, -0.05) is 13.0 Å². The van der Waals surface area contributed by atoms with Crippen molar-refractivity contribution in [1.29, 1.82) is 0 Å². The van der Waals surface area contributed by atoms with Gasteiger partial charge in [0, 0.05) is 18.0 Å². The van der Waals surface area contributed by atoms with E-state index in [4.69, 9.17) is 9.47 Å². The molecule has 0 aromatic rings. The molecule has 0 radical (unpaired) electrons. The van der Waals surface area contributed by atoms with Crippen molar-refractivity contribution in [3.05, 3.63) is 11.6 Å². The van der Waals surface area contributed by atoms with Gasteiger partial charge in [0.1, 0.15) is 6.10 Å². The third kappa shape index (κ3) is 2.97. The minimum absolute atomic E-state index is 0.113. The number of hydrogen-bond donors (Lipinski definition) is 1. The Bertz CT molecular complexity index is 556. The van der Waals surface area contributed by atoms with Gasteiger partial charge in [0.15, 0.2) is 5.60 Å². The van der Waals surface area contributed by atoms with Crippen LogP contribution in [0.4, 0.5) is 0 Å². The van der Waals surface area contributed by atoms with Gasteiger partial charge in [-0.2, -0.15) is 0 Å². The van der Waals surface area contributed by atoms with Gasteiger partial charge in [-0.3, -0.25) is 4.90 Å². The molecule has 3 aliphatic rings. The first-order valence-corrected chi connectivity index (χ1v) is 8.84. The first-order valence-electron chi connectivity index (χ1n) is 8.84. The molecule has 0 spiro atoms. The molecule has 0 aliphatic carbocycles. The zero-order valence-electron chi connectivity index (χ0n) is 14.7. The first kappa shape index (κ1) is 17.4. The summed E-state index contributed by atoms with van der Waals surface area (Å²) < 4.78 is 11.3. The maximum atomic E-state index is 12.6. The SMILES string of the molecule is C/C=C1\C[C@@H](C)[C@](C)(O)C(=O)OC[C@@H]2CCN3CC[C@H](OC1=O)C23. The normalized spacial score (nSPS) is 42.9. The zero-order chi connectivity index (χ0) is 17.5. The van der Waals surface area contributed by atoms with Gasteiger partial charge < -0.3 is 14.6 Å². The Hall–Kier alpha value is -1.40. The average molecular weight is 337 g/mol. The number of hydrogen-bond acceptors (Lipinski definition) is 6. The number of cyclic esters (lactones) is 1. The van der Waals surface area contributed by atoms with E-state index in [0.29, 0.717) is 5.57 Å². The number of carbonyl (C=O) groups is 2. The largest absolute Gasteiger partial charge is 0.463 e. The van der Waals surface area contributed by atoms with E-state index in [2.05, 4.69) is 4.90 Å². The molecule has 0 amide bonds. The predicted octanol–water partition coefficient (Wildman–Crippen LogP) is 1.27. The molecule has 0 saturated carbocycles. The van der Waals surface area contributed by atoms with Crippen molar-refractivity contribution in [2.24, 2.45) is 11.8 Å². The van der Waals surface area contributed by atoms with Gasteiger partial charge in [0.2, 0.25) is 0 Å². The summed E-state index contributed by atoms with van der Waals surface area (Å²) in [4.78, 5) is 27.3. The Balaban J connectivity index is 1.89. The van der Waals surface area contributed by atoms with Gasteiger partial charge in [0.25, 0.3) is 0 Å². The van der Waals surface area contributed by atoms with Gasteiger partial charge in [0.05, 0.1) is 12.6 Å². The number of ether oxygens (including phenoxy) is 2. The molecule has 3 rings (SSSR count). The Morgan fingerprint density at radius 2 is 2.00 bits per heavy atom. The second-order valence-electron chi connectivity index (χ2n) is 7.47. The Labute approximate surface area is 142 Å². The lowest BCUT2D eigenvalue weighted by Gasteiger charge is -2.32. The molecular formula is C18H27NO5. The molecule has 0 bridgehead atoms. The monoisotopic (exact) mass is 337 g/mol. The molecule has 3 aliphatic heterocycles. The Morgan fingerprint density at radius 3 is 2.71 bits per heavy atom. The van der Waals surface area contributed by atoms with E-state index in [1.165, 1.54) is 6.92 Å². The van der Waals surface area contributed by atoms with Crippen molar-refractivity contribution < 1.29 is 24.2 Å². The molecule has 1 N–H and O–H groups in total. The molecule has 6 heteroatoms. The van der Waals surface area contributed by atoms with Crippen molar-refractivity contribution >= 4 is 11.9 Å². The molecule has 0 aromatic carbocycles. The maximum Gasteiger partial charge on any atom is 0.338 e. The minimum atomic E-state index is -1.62. The summed E-state index contributed by atoms with van der Waals surface area (Å²) in [6.07, 6.45) is 3.59. The summed E-state index contributed by atoms with van der Waals surface area (Å²) in [7, 11) is 0. The van der Waals surface area contributed by atoms with Crippen LogP contribution in [0.25, 0.3) is 0 Å². The summed E-state index contributed by atoms with van der Waals surface area (Å²) in [5.74, 6) is -1.23. The molecule has 3 saturated heterocycles. The fraction of sp³-hybridized carbons (Fsp3) is 0.778. The van der Waals surface area contributed by atoms with Crippen LogP contribution in [0.1, 0.15) is 40.0 Å². The summed E-state index contributed by atoms with van der Waals surface area (Å²) in [6, 6.07) is 0.113. The standard InChI is InChI=1S/C18H27NO5/c1-4-12-9-11(2)18(3,22)17(21)23-10-13-5-7-19-8-6-14(15(13)19)24-16(12)20/h4,11,13-15,22H,5-10H2,1-3H3/b12-4+/t11-,13+,14+,15?,18+/m1/s1. The maximum absolute atomic E-state index is 12.6. The van der Waals surface area contributed by atoms with Gasteiger partial charge in [-0.05, 0) is 45.6 Å². The van der Waals surface area contributed by atoms with Crippen molar-refractivity contribution in [2.75, 3.05) is 19.7 Å². The first-order chi connectivity index (χ1) is 11.3. The fourth-order valence-corrected chi connectivity index (χ4v) is 4.11. The number of aliphatic hydroxyl groups is 1. The van der Waals surface area contributed by atoms with E-state index in [0.717, 1.165) is 25.9 Å². The quantitative estimate of drug-likeness (QED) is 0.530. The molecule has 5 atom stereocenters. The number of esters is 2. The number of allylic oxidation sites excluding steroid dienone is 1. The lowest BCUT2D eigenvalue weighted by atomic mass is 9.85. The topological polar surface area (TPSA) is 76.1 Å². The van der Waals surface area contributed by atoms with Crippen LogP contribution in [0.15, 0.2) is 11.6 Å². The Morgan fingerprint density at radius 1 is 1.29 bits per heavy atom. The average Bonchev–Trinajstić information content (AvgIpc) is 3.12. The Kier molecular flexibility index (Phi) is 4.71. The predicted molar refractivity (Wildman–Crippen MR) is 87.1 cm³/mol. The van der Waals surface area contributed by atoms with Crippen molar-refractivity contribution in [3.63, 3.8) is 0 Å². The summed E-state index contributed by atoms with van der Waals surface area (Å²) >= 11 is 0. The van der Waals surface area contributed by atoms with Crippen LogP contribution in [0.5, 0.6) is 0 Å². The second-order valence-corrected chi connectivity index (χ2v) is 7.47. The van der Waals surface area contributed by atoms with Crippen LogP contribution in [0.3, 0.4) is 0 Å². The van der Waals surface area contributed by atoms with Crippen LogP contribution < -0.4 is 0 Å². The van der Waals surface area contributed by atoms with Crippen LogP contribution in [-0.4, -0.2) is 59.4 Å². The molecule has 3 heterocycles. The van der Waals surface area contributed by atoms with E-state index in [-0.39, 0.29) is 37.1 Å². The zero-order valence-corrected chi connectivity index (χ0v) is 14.7. The van der Waals surface area contributed by atoms with E-state index in [1.54, 1.807) is 19.9 Å². The number of rotatable bonds is 0. The molecule has 3 fully saturated rings. The van der Waals surface area contributed by atoms with Gasteiger partial charge in [-0.25, -0.2) is 9.59 Å². The van der Waals surface area contributed by atoms with Crippen LogP contribution in [0, 0.1) is 11.8 Å². The van der Waals surface area contributed by atoms with Gasteiger partial charge >= 0.3 is 11.9 Å². The highest BCUT2D eigenvalue weighted by Gasteiger charge is 2.48. The smallest absolute Gasteiger partial charge is 0.338 e. The second kappa shape index (κ2) is 6.48. The lowest BCUT2D eigenvalue weighted by Crippen LogP contribution is -2.46. The van der Waals surface area contributed by atoms with Crippen molar-refractivity contribution in [3.8, 4) is 0 Å². The molecule has 1 unspecified atom stereocenters. The van der Waals surface area contributed by atoms with Gasteiger partial charge in [-0.15, -0.1) is 0 Å². The van der Waals surface area contributed by atoms with Crippen molar-refractivity contribution in [2.45, 2.75) is 57.8 Å². The number of nitrogens with zero attached hydrogens (tertiary/aromatic N) is 1. The molecule has 6 nitrogen and oxygen atoms in total. The van der Waals surface area contributed by atoms with Crippen molar-refractivity contribution in [1.82, 2.24) is 4.90 Å². The molecule has 134 valence electrons. The number of carbonyl (C=O) groups excluding carboxylic acids is 2. The lowest BCUT2D eigenvalue weighted by molar-refractivity contribution is -0.172. The minimum Gasteiger partial charge on any atom is -0.463 e. The van der Waals surface area contributed by atoms with E-state index in [1.807, 2.05) is 0 Å². The van der Waals surface area contributed by atoms with Crippen LogP contribution in [-0.2, 0) is 19.1 Å². The third-order valence-corrected chi connectivity index (χ3v) is 5.97. The molecule has 0 aromatic heterocycles. The van der Waals surface area contributed by atoms with E-state index < -0.39 is 17.5 Å². The van der Waals surface area contributed by atoms with E-state index >= 15 is 0 Å². The summed E-state index contributed by atoms with van der Waals surface area (Å²) in [6.45, 7) is 7.11. The van der Waals surface area contributed by atoms with Crippen LogP contribution in [0.2, 0.25) is 0 Å². The highest BCUT2D eigenvalue weighted by molar-refractivity contribution is 5.89. The highest BCUT2D eigenvalue weighted by Crippen LogP contribution is 2.36. The van der Waals surface area contributed by atoms with Crippen LogP contribution >= 0.6 is 0 Å². The summed E-state index contributed by atoms with van der Waals surface area (Å²) in [5.41, 5.74) is -1.12. The molecular weight excluding hydrogens is 310 g/mol. The highest BCUT2D eigenvalue weighted by atomic mass is 16.6. The van der Waals surface area contributed by atoms with E-state index in [9.17, 15) is 14.7 Å². The molecule has 24 heavy (non-hydrogen) atoms. The third-order valence-electron chi connectivity index (χ3n) is 5.97. The summed E-state index contributed by atoms with van der Waals surface area (Å²) in [5, 5.41) is 10.6. The fourth-order valence-electron chi connectivity index (χ4n) is 4.11.